The van der Waals surface area contributed by atoms with Crippen LogP contribution in [-0.4, -0.2) is 18.1 Å². The summed E-state index contributed by atoms with van der Waals surface area (Å²) in [6.45, 7) is 0.281. The highest BCUT2D eigenvalue weighted by Crippen LogP contribution is 2.28. The molecule has 134 valence electrons. The molecule has 0 aliphatic rings. The monoisotopic (exact) mass is 358 g/mol. The number of aromatic hydroxyl groups is 1. The number of ether oxygens (including phenoxy) is 1. The minimum atomic E-state index is -0.245. The number of carbonyl (C=O) groups excluding carboxylic acids is 1. The molecular weight excluding hydrogens is 340 g/mol. The number of amides is 1. The van der Waals surface area contributed by atoms with E-state index in [4.69, 9.17) is 4.74 Å². The van der Waals surface area contributed by atoms with Gasteiger partial charge in [0.2, 0.25) is 0 Å². The molecular formula is C22H18N2O3. The second-order valence-electron chi connectivity index (χ2n) is 5.89. The Morgan fingerprint density at radius 3 is 2.52 bits per heavy atom. The predicted molar refractivity (Wildman–Crippen MR) is 102 cm³/mol. The van der Waals surface area contributed by atoms with Gasteiger partial charge >= 0.3 is 0 Å². The fourth-order valence-corrected chi connectivity index (χ4v) is 2.84. The third-order valence-electron chi connectivity index (χ3n) is 4.21. The van der Waals surface area contributed by atoms with Crippen molar-refractivity contribution in [3.05, 3.63) is 83.4 Å². The van der Waals surface area contributed by atoms with E-state index in [2.05, 4.69) is 11.4 Å². The molecule has 3 rings (SSSR count). The minimum Gasteiger partial charge on any atom is -0.504 e. The molecule has 0 saturated carbocycles. The smallest absolute Gasteiger partial charge is 0.252 e. The molecule has 0 aromatic heterocycles. The van der Waals surface area contributed by atoms with Crippen LogP contribution in [0, 0.1) is 11.3 Å². The molecule has 3 aromatic carbocycles. The van der Waals surface area contributed by atoms with E-state index in [0.29, 0.717) is 22.4 Å². The molecule has 0 fully saturated rings. The van der Waals surface area contributed by atoms with Crippen LogP contribution in [0.5, 0.6) is 11.5 Å². The van der Waals surface area contributed by atoms with Crippen molar-refractivity contribution in [2.75, 3.05) is 7.11 Å². The van der Waals surface area contributed by atoms with Crippen LogP contribution in [0.3, 0.4) is 0 Å². The molecule has 2 N–H and O–H groups in total. The molecule has 0 unspecified atom stereocenters. The summed E-state index contributed by atoms with van der Waals surface area (Å²) in [6.07, 6.45) is 0. The van der Waals surface area contributed by atoms with E-state index in [9.17, 15) is 15.2 Å². The zero-order chi connectivity index (χ0) is 19.2. The summed E-state index contributed by atoms with van der Waals surface area (Å²) in [4.78, 5) is 12.8. The van der Waals surface area contributed by atoms with E-state index in [1.54, 1.807) is 36.4 Å². The Labute approximate surface area is 157 Å². The Morgan fingerprint density at radius 1 is 1.07 bits per heavy atom. The molecule has 0 spiro atoms. The molecule has 27 heavy (non-hydrogen) atoms. The molecule has 0 bridgehead atoms. The van der Waals surface area contributed by atoms with E-state index < -0.39 is 0 Å². The number of nitrogens with zero attached hydrogens (tertiary/aromatic N) is 1. The maximum atomic E-state index is 12.8. The molecule has 5 heteroatoms. The third-order valence-corrected chi connectivity index (χ3v) is 4.21. The van der Waals surface area contributed by atoms with E-state index in [-0.39, 0.29) is 18.2 Å². The van der Waals surface area contributed by atoms with Crippen LogP contribution >= 0.6 is 0 Å². The van der Waals surface area contributed by atoms with E-state index in [0.717, 1.165) is 11.1 Å². The lowest BCUT2D eigenvalue weighted by atomic mass is 9.95. The van der Waals surface area contributed by atoms with Crippen molar-refractivity contribution in [2.45, 2.75) is 6.54 Å². The van der Waals surface area contributed by atoms with Crippen LogP contribution in [-0.2, 0) is 6.54 Å². The zero-order valence-corrected chi connectivity index (χ0v) is 14.8. The Hall–Kier alpha value is -3.78. The van der Waals surface area contributed by atoms with Gasteiger partial charge in [0.05, 0.1) is 18.7 Å². The van der Waals surface area contributed by atoms with Gasteiger partial charge in [-0.2, -0.15) is 5.26 Å². The molecule has 0 saturated heterocycles. The van der Waals surface area contributed by atoms with Gasteiger partial charge in [0.25, 0.3) is 5.91 Å². The van der Waals surface area contributed by atoms with Crippen LogP contribution in [0.15, 0.2) is 66.7 Å². The number of nitrogens with one attached hydrogen (secondary N) is 1. The van der Waals surface area contributed by atoms with E-state index >= 15 is 0 Å². The summed E-state index contributed by atoms with van der Waals surface area (Å²) >= 11 is 0. The number of rotatable bonds is 5. The van der Waals surface area contributed by atoms with Crippen LogP contribution in [0.2, 0.25) is 0 Å². The predicted octanol–water partition coefficient (Wildman–Crippen LogP) is 3.87. The fourth-order valence-electron chi connectivity index (χ4n) is 2.84. The molecule has 3 aromatic rings. The normalized spacial score (nSPS) is 10.1. The van der Waals surface area contributed by atoms with Gasteiger partial charge in [0.15, 0.2) is 11.5 Å². The fraction of sp³-hybridized carbons (Fsp3) is 0.0909. The van der Waals surface area contributed by atoms with E-state index in [1.165, 1.54) is 13.2 Å². The third kappa shape index (κ3) is 3.91. The van der Waals surface area contributed by atoms with Gasteiger partial charge in [-0.15, -0.1) is 0 Å². The van der Waals surface area contributed by atoms with Crippen molar-refractivity contribution < 1.29 is 14.6 Å². The largest absolute Gasteiger partial charge is 0.504 e. The van der Waals surface area contributed by atoms with Gasteiger partial charge in [0, 0.05) is 17.7 Å². The first-order valence-corrected chi connectivity index (χ1v) is 8.36. The lowest BCUT2D eigenvalue weighted by Gasteiger charge is -2.12. The second-order valence-corrected chi connectivity index (χ2v) is 5.89. The number of phenolic OH excluding ortho intramolecular Hbond substituents is 1. The van der Waals surface area contributed by atoms with Gasteiger partial charge in [0.1, 0.15) is 0 Å². The van der Waals surface area contributed by atoms with Crippen molar-refractivity contribution in [3.63, 3.8) is 0 Å². The number of hydrogen-bond acceptors (Lipinski definition) is 4. The maximum Gasteiger partial charge on any atom is 0.252 e. The molecule has 1 amide bonds. The number of hydrogen-bond donors (Lipinski definition) is 2. The van der Waals surface area contributed by atoms with Crippen LogP contribution in [0.1, 0.15) is 21.5 Å². The summed E-state index contributed by atoms with van der Waals surface area (Å²) in [5.74, 6) is 0.154. The Balaban J connectivity index is 1.85. The van der Waals surface area contributed by atoms with Gasteiger partial charge in [-0.1, -0.05) is 42.5 Å². The van der Waals surface area contributed by atoms with Crippen LogP contribution < -0.4 is 10.1 Å². The Kier molecular flexibility index (Phi) is 5.38. The van der Waals surface area contributed by atoms with Crippen LogP contribution in [0.4, 0.5) is 0 Å². The molecule has 0 heterocycles. The number of phenols is 1. The number of carbonyl (C=O) groups is 1. The Bertz CT molecular complexity index is 1020. The summed E-state index contributed by atoms with van der Waals surface area (Å²) < 4.78 is 5.09. The summed E-state index contributed by atoms with van der Waals surface area (Å²) in [5, 5.41) is 21.9. The highest BCUT2D eigenvalue weighted by molar-refractivity contribution is 6.01. The number of nitriles is 1. The lowest BCUT2D eigenvalue weighted by Crippen LogP contribution is -2.23. The maximum absolute atomic E-state index is 12.8. The van der Waals surface area contributed by atoms with Crippen molar-refractivity contribution >= 4 is 5.91 Å². The number of benzene rings is 3. The second kappa shape index (κ2) is 8.07. The van der Waals surface area contributed by atoms with Crippen molar-refractivity contribution in [3.8, 4) is 28.7 Å². The first kappa shape index (κ1) is 18.0. The minimum absolute atomic E-state index is 0.0473. The van der Waals surface area contributed by atoms with Gasteiger partial charge in [-0.25, -0.2) is 0 Å². The van der Waals surface area contributed by atoms with Gasteiger partial charge in [-0.05, 0) is 35.4 Å². The molecule has 0 aliphatic heterocycles. The highest BCUT2D eigenvalue weighted by Gasteiger charge is 2.14. The number of methoxy groups -OCH3 is 1. The molecule has 5 nitrogen and oxygen atoms in total. The Morgan fingerprint density at radius 2 is 1.78 bits per heavy atom. The first-order chi connectivity index (χ1) is 13.1. The van der Waals surface area contributed by atoms with Crippen molar-refractivity contribution in [1.82, 2.24) is 5.32 Å². The SMILES string of the molecule is COc1cc(CNC(=O)c2ccccc2-c2ccccc2C#N)ccc1O. The zero-order valence-electron chi connectivity index (χ0n) is 14.8. The molecule has 0 aliphatic carbocycles. The van der Waals surface area contributed by atoms with Gasteiger partial charge < -0.3 is 15.2 Å². The van der Waals surface area contributed by atoms with Crippen molar-refractivity contribution in [1.29, 1.82) is 5.26 Å². The van der Waals surface area contributed by atoms with Gasteiger partial charge in [-0.3, -0.25) is 4.79 Å². The summed E-state index contributed by atoms with van der Waals surface area (Å²) in [6, 6.07) is 21.5. The van der Waals surface area contributed by atoms with Crippen molar-refractivity contribution in [2.24, 2.45) is 0 Å². The molecule has 0 radical (unpaired) electrons. The standard InChI is InChI=1S/C22H18N2O3/c1-27-21-12-15(10-11-20(21)25)14-24-22(26)19-9-5-4-8-18(19)17-7-3-2-6-16(17)13-23/h2-12,25H,14H2,1H3,(H,24,26). The lowest BCUT2D eigenvalue weighted by molar-refractivity contribution is 0.0951. The summed E-state index contributed by atoms with van der Waals surface area (Å²) in [5.41, 5.74) is 3.23. The average molecular weight is 358 g/mol. The highest BCUT2D eigenvalue weighted by atomic mass is 16.5. The average Bonchev–Trinajstić information content (AvgIpc) is 2.72. The topological polar surface area (TPSA) is 82.3 Å². The quantitative estimate of drug-likeness (QED) is 0.725. The van der Waals surface area contributed by atoms with Crippen LogP contribution in [0.25, 0.3) is 11.1 Å². The first-order valence-electron chi connectivity index (χ1n) is 8.36. The van der Waals surface area contributed by atoms with E-state index in [1.807, 2.05) is 24.3 Å². The summed E-state index contributed by atoms with van der Waals surface area (Å²) in [7, 11) is 1.47. The molecule has 0 atom stereocenters.